The Labute approximate surface area is 178 Å². The van der Waals surface area contributed by atoms with E-state index < -0.39 is 0 Å². The van der Waals surface area contributed by atoms with Crippen LogP contribution in [0.4, 0.5) is 0 Å². The van der Waals surface area contributed by atoms with Crippen molar-refractivity contribution in [1.29, 1.82) is 0 Å². The van der Waals surface area contributed by atoms with Gasteiger partial charge in [0.15, 0.2) is 5.96 Å². The van der Waals surface area contributed by atoms with E-state index >= 15 is 0 Å². The molecule has 0 unspecified atom stereocenters. The first-order chi connectivity index (χ1) is 14.0. The van der Waals surface area contributed by atoms with E-state index in [1.807, 2.05) is 41.3 Å². The summed E-state index contributed by atoms with van der Waals surface area (Å²) in [4.78, 5) is 7.23. The Balaban J connectivity index is 1.56. The fraction of sp³-hybridized carbons (Fsp3) is 0.455. The molecule has 1 saturated heterocycles. The Morgan fingerprint density at radius 1 is 1.28 bits per heavy atom. The summed E-state index contributed by atoms with van der Waals surface area (Å²) in [5, 5.41) is 12.1. The number of benzene rings is 1. The van der Waals surface area contributed by atoms with Gasteiger partial charge >= 0.3 is 0 Å². The van der Waals surface area contributed by atoms with Crippen LogP contribution >= 0.6 is 11.6 Å². The second-order valence-electron chi connectivity index (χ2n) is 7.62. The monoisotopic (exact) mass is 414 g/mol. The maximum absolute atomic E-state index is 5.96. The topological polar surface area (TPSA) is 57.5 Å². The van der Waals surface area contributed by atoms with Gasteiger partial charge in [0, 0.05) is 49.0 Å². The van der Waals surface area contributed by atoms with Gasteiger partial charge < -0.3 is 10.6 Å². The molecule has 1 fully saturated rings. The van der Waals surface area contributed by atoms with Crippen LogP contribution in [0, 0.1) is 0 Å². The van der Waals surface area contributed by atoms with Crippen LogP contribution in [0.3, 0.4) is 0 Å². The van der Waals surface area contributed by atoms with Crippen molar-refractivity contribution < 1.29 is 0 Å². The number of likely N-dealkylation sites (tertiary alicyclic amines) is 1. The Morgan fingerprint density at radius 3 is 2.66 bits per heavy atom. The van der Waals surface area contributed by atoms with Crippen LogP contribution in [0.5, 0.6) is 0 Å². The van der Waals surface area contributed by atoms with Crippen molar-refractivity contribution in [3.05, 3.63) is 59.4 Å². The summed E-state index contributed by atoms with van der Waals surface area (Å²) in [5.41, 5.74) is 3.27. The summed E-state index contributed by atoms with van der Waals surface area (Å²) in [6.45, 7) is 12.8. The van der Waals surface area contributed by atoms with E-state index in [0.29, 0.717) is 12.6 Å². The molecule has 0 atom stereocenters. The molecule has 0 radical (unpaired) electrons. The van der Waals surface area contributed by atoms with Crippen molar-refractivity contribution in [3.8, 4) is 5.69 Å². The third-order valence-electron chi connectivity index (χ3n) is 4.91. The van der Waals surface area contributed by atoms with Crippen LogP contribution in [-0.4, -0.2) is 52.9 Å². The highest BCUT2D eigenvalue weighted by Gasteiger charge is 2.19. The predicted octanol–water partition coefficient (Wildman–Crippen LogP) is 3.62. The van der Waals surface area contributed by atoms with Crippen LogP contribution in [-0.2, 0) is 6.54 Å². The van der Waals surface area contributed by atoms with Gasteiger partial charge in [-0.15, -0.1) is 0 Å². The first-order valence-corrected chi connectivity index (χ1v) is 10.6. The van der Waals surface area contributed by atoms with Gasteiger partial charge in [-0.2, -0.15) is 5.10 Å². The van der Waals surface area contributed by atoms with E-state index in [4.69, 9.17) is 16.6 Å². The minimum absolute atomic E-state index is 0.450. The van der Waals surface area contributed by atoms with Crippen molar-refractivity contribution in [2.45, 2.75) is 39.3 Å². The number of aliphatic imine (C=N–C) groups is 1. The molecule has 1 aliphatic heterocycles. The van der Waals surface area contributed by atoms with Gasteiger partial charge in [0.2, 0.25) is 0 Å². The lowest BCUT2D eigenvalue weighted by molar-refractivity contribution is 0.221. The Kier molecular flexibility index (Phi) is 7.72. The van der Waals surface area contributed by atoms with E-state index in [2.05, 4.69) is 41.1 Å². The number of halogens is 1. The highest BCUT2D eigenvalue weighted by Crippen LogP contribution is 2.14. The summed E-state index contributed by atoms with van der Waals surface area (Å²) < 4.78 is 1.85. The number of aromatic nitrogens is 2. The highest BCUT2D eigenvalue weighted by molar-refractivity contribution is 6.30. The van der Waals surface area contributed by atoms with Crippen molar-refractivity contribution in [2.24, 2.45) is 4.99 Å². The van der Waals surface area contributed by atoms with Crippen LogP contribution in [0.2, 0.25) is 5.02 Å². The predicted molar refractivity (Wildman–Crippen MR) is 121 cm³/mol. The van der Waals surface area contributed by atoms with Crippen LogP contribution in [0.15, 0.2) is 53.8 Å². The van der Waals surface area contributed by atoms with Crippen LogP contribution < -0.4 is 10.6 Å². The molecule has 1 aromatic heterocycles. The maximum Gasteiger partial charge on any atom is 0.191 e. The van der Waals surface area contributed by atoms with Gasteiger partial charge in [-0.25, -0.2) is 9.67 Å². The standard InChI is InChI=1S/C22H31ClN6/c1-4-24-22(27-20-9-11-28(12-10-20)15-17(2)3)25-13-18-14-26-29(16-18)21-7-5-19(23)6-8-21/h5-8,14,16,20H,2,4,9-13,15H2,1,3H3,(H2,24,25,27). The summed E-state index contributed by atoms with van der Waals surface area (Å²) in [6, 6.07) is 8.09. The third kappa shape index (κ3) is 6.61. The molecule has 2 heterocycles. The number of hydrogen-bond donors (Lipinski definition) is 2. The molecule has 7 heteroatoms. The molecule has 0 spiro atoms. The van der Waals surface area contributed by atoms with Crippen LogP contribution in [0.25, 0.3) is 5.69 Å². The lowest BCUT2D eigenvalue weighted by atomic mass is 10.0. The zero-order valence-electron chi connectivity index (χ0n) is 17.4. The molecule has 0 bridgehead atoms. The van der Waals surface area contributed by atoms with Crippen LogP contribution in [0.1, 0.15) is 32.3 Å². The number of rotatable bonds is 7. The number of nitrogens with one attached hydrogen (secondary N) is 2. The summed E-state index contributed by atoms with van der Waals surface area (Å²) >= 11 is 5.96. The van der Waals surface area contributed by atoms with Gasteiger partial charge in [-0.3, -0.25) is 4.90 Å². The average Bonchev–Trinajstić information content (AvgIpc) is 3.17. The summed E-state index contributed by atoms with van der Waals surface area (Å²) in [7, 11) is 0. The fourth-order valence-corrected chi connectivity index (χ4v) is 3.60. The van der Waals surface area contributed by atoms with Crippen molar-refractivity contribution in [1.82, 2.24) is 25.3 Å². The molecule has 6 nitrogen and oxygen atoms in total. The molecule has 0 saturated carbocycles. The normalized spacial score (nSPS) is 16.0. The third-order valence-corrected chi connectivity index (χ3v) is 5.17. The fourth-order valence-electron chi connectivity index (χ4n) is 3.48. The molecule has 0 aliphatic carbocycles. The largest absolute Gasteiger partial charge is 0.357 e. The number of hydrogen-bond acceptors (Lipinski definition) is 3. The van der Waals surface area contributed by atoms with E-state index in [1.54, 1.807) is 0 Å². The van der Waals surface area contributed by atoms with Crippen molar-refractivity contribution in [2.75, 3.05) is 26.2 Å². The summed E-state index contributed by atoms with van der Waals surface area (Å²) in [6.07, 6.45) is 6.10. The average molecular weight is 415 g/mol. The van der Waals surface area contributed by atoms with E-state index in [1.165, 1.54) is 5.57 Å². The molecule has 2 aromatic rings. The van der Waals surface area contributed by atoms with Gasteiger partial charge in [0.1, 0.15) is 0 Å². The molecular weight excluding hydrogens is 384 g/mol. The second-order valence-corrected chi connectivity index (χ2v) is 8.05. The van der Waals surface area contributed by atoms with Gasteiger partial charge in [0.05, 0.1) is 18.4 Å². The van der Waals surface area contributed by atoms with Crippen molar-refractivity contribution in [3.63, 3.8) is 0 Å². The smallest absolute Gasteiger partial charge is 0.191 e. The van der Waals surface area contributed by atoms with E-state index in [0.717, 1.165) is 61.3 Å². The zero-order valence-corrected chi connectivity index (χ0v) is 18.1. The zero-order chi connectivity index (χ0) is 20.6. The minimum Gasteiger partial charge on any atom is -0.357 e. The number of guanidine groups is 1. The molecule has 1 aromatic carbocycles. The lowest BCUT2D eigenvalue weighted by Gasteiger charge is -2.33. The highest BCUT2D eigenvalue weighted by atomic mass is 35.5. The van der Waals surface area contributed by atoms with Gasteiger partial charge in [-0.05, 0) is 51.0 Å². The first-order valence-electron chi connectivity index (χ1n) is 10.2. The number of piperidine rings is 1. The maximum atomic E-state index is 5.96. The van der Waals surface area contributed by atoms with Gasteiger partial charge in [-0.1, -0.05) is 23.8 Å². The Hall–Kier alpha value is -2.31. The molecule has 156 valence electrons. The Bertz CT molecular complexity index is 818. The minimum atomic E-state index is 0.450. The van der Waals surface area contributed by atoms with Gasteiger partial charge in [0.25, 0.3) is 0 Å². The molecule has 2 N–H and O–H groups in total. The summed E-state index contributed by atoms with van der Waals surface area (Å²) in [5.74, 6) is 0.866. The van der Waals surface area contributed by atoms with E-state index in [9.17, 15) is 0 Å². The SMILES string of the molecule is C=C(C)CN1CCC(NC(=NCc2cnn(-c3ccc(Cl)cc3)c2)NCC)CC1. The Morgan fingerprint density at radius 2 is 2.00 bits per heavy atom. The first kappa shape index (κ1) is 21.4. The van der Waals surface area contributed by atoms with E-state index in [-0.39, 0.29) is 0 Å². The number of nitrogens with zero attached hydrogens (tertiary/aromatic N) is 4. The molecule has 3 rings (SSSR count). The molecule has 0 amide bonds. The quantitative estimate of drug-likeness (QED) is 0.412. The molecular formula is C22H31ClN6. The lowest BCUT2D eigenvalue weighted by Crippen LogP contribution is -2.48. The van der Waals surface area contributed by atoms with Crippen molar-refractivity contribution >= 4 is 17.6 Å². The molecule has 1 aliphatic rings. The molecule has 29 heavy (non-hydrogen) atoms. The second kappa shape index (κ2) is 10.5.